The summed E-state index contributed by atoms with van der Waals surface area (Å²) in [7, 11) is 0. The summed E-state index contributed by atoms with van der Waals surface area (Å²) in [6.45, 7) is 8.76. The van der Waals surface area contributed by atoms with Gasteiger partial charge in [-0.15, -0.1) is 0 Å². The van der Waals surface area contributed by atoms with Crippen LogP contribution in [-0.4, -0.2) is 18.2 Å². The van der Waals surface area contributed by atoms with E-state index in [0.29, 0.717) is 18.4 Å². The first-order chi connectivity index (χ1) is 5.07. The maximum atomic E-state index is 5.49. The van der Waals surface area contributed by atoms with Gasteiger partial charge in [0, 0.05) is 12.3 Å². The van der Waals surface area contributed by atoms with Gasteiger partial charge in [0.25, 0.3) is 0 Å². The highest BCUT2D eigenvalue weighted by Crippen LogP contribution is 1.95. The van der Waals surface area contributed by atoms with Crippen molar-refractivity contribution in [3.63, 3.8) is 0 Å². The Labute approximate surface area is 68.4 Å². The van der Waals surface area contributed by atoms with Crippen LogP contribution in [0.25, 0.3) is 0 Å². The van der Waals surface area contributed by atoms with Crippen LogP contribution in [0, 0.1) is 5.92 Å². The molecule has 0 amide bonds. The molecule has 0 aliphatic heterocycles. The van der Waals surface area contributed by atoms with E-state index in [2.05, 4.69) is 23.8 Å². The number of hydrogen-bond acceptors (Lipinski definition) is 1. The van der Waals surface area contributed by atoms with Crippen molar-refractivity contribution in [2.75, 3.05) is 6.54 Å². The Morgan fingerprint density at radius 1 is 1.45 bits per heavy atom. The van der Waals surface area contributed by atoms with Crippen molar-refractivity contribution in [1.29, 1.82) is 0 Å². The van der Waals surface area contributed by atoms with E-state index in [9.17, 15) is 0 Å². The van der Waals surface area contributed by atoms with Crippen molar-refractivity contribution in [1.82, 2.24) is 0 Å². The van der Waals surface area contributed by atoms with Crippen molar-refractivity contribution >= 4 is 11.7 Å². The van der Waals surface area contributed by atoms with Crippen LogP contribution in [0.1, 0.15) is 27.7 Å². The van der Waals surface area contributed by atoms with Gasteiger partial charge in [0.05, 0.1) is 0 Å². The zero-order chi connectivity index (χ0) is 8.85. The van der Waals surface area contributed by atoms with E-state index < -0.39 is 0 Å². The summed E-state index contributed by atoms with van der Waals surface area (Å²) in [5.41, 5.74) is 6.51. The zero-order valence-electron chi connectivity index (χ0n) is 7.76. The lowest BCUT2D eigenvalue weighted by Crippen LogP contribution is -2.13. The number of rotatable bonds is 2. The first-order valence-electron chi connectivity index (χ1n) is 3.93. The minimum absolute atomic E-state index is 0.388. The van der Waals surface area contributed by atoms with Crippen LogP contribution in [0.4, 0.5) is 0 Å². The molecule has 0 saturated carbocycles. The quantitative estimate of drug-likeness (QED) is 0.476. The van der Waals surface area contributed by atoms with E-state index >= 15 is 0 Å². The number of nitrogens with zero attached hydrogens (tertiary/aromatic N) is 2. The monoisotopic (exact) mass is 155 g/mol. The van der Waals surface area contributed by atoms with Crippen LogP contribution in [0.15, 0.2) is 9.98 Å². The molecular formula is C8H17N3. The molecule has 0 aromatic rings. The fourth-order valence-corrected chi connectivity index (χ4v) is 0.507. The Morgan fingerprint density at radius 2 is 2.00 bits per heavy atom. The van der Waals surface area contributed by atoms with Crippen LogP contribution in [0.3, 0.4) is 0 Å². The molecule has 0 unspecified atom stereocenters. The van der Waals surface area contributed by atoms with E-state index in [4.69, 9.17) is 5.73 Å². The molecular weight excluding hydrogens is 138 g/mol. The lowest BCUT2D eigenvalue weighted by atomic mass is 10.1. The van der Waals surface area contributed by atoms with Gasteiger partial charge in [-0.25, -0.2) is 4.99 Å². The average Bonchev–Trinajstić information content (AvgIpc) is 1.87. The van der Waals surface area contributed by atoms with Crippen molar-refractivity contribution in [3.8, 4) is 0 Å². The minimum atomic E-state index is 0.388. The van der Waals surface area contributed by atoms with E-state index in [1.54, 1.807) is 0 Å². The van der Waals surface area contributed by atoms with Crippen molar-refractivity contribution in [2.24, 2.45) is 21.6 Å². The molecule has 3 nitrogen and oxygen atoms in total. The highest BCUT2D eigenvalue weighted by atomic mass is 15.0. The maximum absolute atomic E-state index is 5.49. The second kappa shape index (κ2) is 4.88. The predicted molar refractivity (Wildman–Crippen MR) is 50.1 cm³/mol. The van der Waals surface area contributed by atoms with Crippen molar-refractivity contribution < 1.29 is 0 Å². The molecule has 0 aromatic carbocycles. The molecule has 0 aliphatic rings. The molecule has 0 bridgehead atoms. The van der Waals surface area contributed by atoms with Gasteiger partial charge >= 0.3 is 0 Å². The van der Waals surface area contributed by atoms with E-state index in [-0.39, 0.29) is 0 Å². The molecule has 2 N–H and O–H groups in total. The summed E-state index contributed by atoms with van der Waals surface area (Å²) >= 11 is 0. The van der Waals surface area contributed by atoms with Gasteiger partial charge in [0.1, 0.15) is 0 Å². The van der Waals surface area contributed by atoms with Crippen LogP contribution < -0.4 is 5.73 Å². The van der Waals surface area contributed by atoms with E-state index in [1.807, 2.05) is 13.8 Å². The van der Waals surface area contributed by atoms with E-state index in [0.717, 1.165) is 5.71 Å². The average molecular weight is 155 g/mol. The zero-order valence-corrected chi connectivity index (χ0v) is 7.76. The molecule has 0 radical (unpaired) electrons. The SMILES string of the molecule is CCN=C(N)N=C(C)C(C)C. The highest BCUT2D eigenvalue weighted by Gasteiger charge is 1.97. The summed E-state index contributed by atoms with van der Waals surface area (Å²) in [5, 5.41) is 0. The summed E-state index contributed by atoms with van der Waals surface area (Å²) in [6.07, 6.45) is 0. The third-order valence-electron chi connectivity index (χ3n) is 1.45. The van der Waals surface area contributed by atoms with Gasteiger partial charge in [0.15, 0.2) is 0 Å². The van der Waals surface area contributed by atoms with Crippen LogP contribution in [-0.2, 0) is 0 Å². The molecule has 3 heteroatoms. The number of hydrogen-bond donors (Lipinski definition) is 1. The lowest BCUT2D eigenvalue weighted by molar-refractivity contribution is 0.879. The second-order valence-electron chi connectivity index (χ2n) is 2.74. The second-order valence-corrected chi connectivity index (χ2v) is 2.74. The smallest absolute Gasteiger partial charge is 0.215 e. The van der Waals surface area contributed by atoms with Crippen LogP contribution >= 0.6 is 0 Å². The molecule has 0 heterocycles. The molecule has 64 valence electrons. The summed E-state index contributed by atoms with van der Waals surface area (Å²) < 4.78 is 0. The van der Waals surface area contributed by atoms with E-state index in [1.165, 1.54) is 0 Å². The third-order valence-corrected chi connectivity index (χ3v) is 1.45. The molecule has 0 fully saturated rings. The van der Waals surface area contributed by atoms with Gasteiger partial charge in [-0.2, -0.15) is 0 Å². The predicted octanol–water partition coefficient (Wildman–Crippen LogP) is 1.44. The fraction of sp³-hybridized carbons (Fsp3) is 0.750. The molecule has 0 aromatic heterocycles. The Bertz CT molecular complexity index is 168. The van der Waals surface area contributed by atoms with Crippen LogP contribution in [0.2, 0.25) is 0 Å². The summed E-state index contributed by atoms with van der Waals surface area (Å²) in [5.74, 6) is 0.833. The summed E-state index contributed by atoms with van der Waals surface area (Å²) in [4.78, 5) is 8.06. The van der Waals surface area contributed by atoms with Crippen molar-refractivity contribution in [3.05, 3.63) is 0 Å². The maximum Gasteiger partial charge on any atom is 0.215 e. The minimum Gasteiger partial charge on any atom is -0.368 e. The number of guanidine groups is 1. The Morgan fingerprint density at radius 3 is 2.36 bits per heavy atom. The Hall–Kier alpha value is -0.860. The Kier molecular flexibility index (Phi) is 4.50. The number of aliphatic imine (C=N–C) groups is 2. The molecule has 11 heavy (non-hydrogen) atoms. The summed E-state index contributed by atoms with van der Waals surface area (Å²) in [6, 6.07) is 0. The van der Waals surface area contributed by atoms with Gasteiger partial charge in [-0.1, -0.05) is 13.8 Å². The van der Waals surface area contributed by atoms with Gasteiger partial charge in [-0.3, -0.25) is 4.99 Å². The molecule has 0 aliphatic carbocycles. The number of nitrogens with two attached hydrogens (primary N) is 1. The topological polar surface area (TPSA) is 50.7 Å². The van der Waals surface area contributed by atoms with Gasteiger partial charge in [0.2, 0.25) is 5.96 Å². The fourth-order valence-electron chi connectivity index (χ4n) is 0.507. The lowest BCUT2D eigenvalue weighted by Gasteiger charge is -2.02. The standard InChI is InChI=1S/C8H17N3/c1-5-10-8(9)11-7(4)6(2)3/h6H,5H2,1-4H3,(H2,9,10). The first kappa shape index (κ1) is 10.1. The molecule has 0 atom stereocenters. The first-order valence-corrected chi connectivity index (χ1v) is 3.93. The molecule has 0 saturated heterocycles. The third kappa shape index (κ3) is 4.53. The largest absolute Gasteiger partial charge is 0.368 e. The van der Waals surface area contributed by atoms with Gasteiger partial charge in [-0.05, 0) is 19.8 Å². The highest BCUT2D eigenvalue weighted by molar-refractivity contribution is 5.96. The normalized spacial score (nSPS) is 14.3. The van der Waals surface area contributed by atoms with Gasteiger partial charge < -0.3 is 5.73 Å². The Balaban J connectivity index is 4.18. The van der Waals surface area contributed by atoms with Crippen molar-refractivity contribution in [2.45, 2.75) is 27.7 Å². The molecule has 0 spiro atoms. The molecule has 0 rings (SSSR count). The van der Waals surface area contributed by atoms with Crippen LogP contribution in [0.5, 0.6) is 0 Å².